The number of methoxy groups -OCH3 is 1. The van der Waals surface area contributed by atoms with Crippen molar-refractivity contribution >= 4 is 40.6 Å². The largest absolute Gasteiger partial charge is 0.464 e. The highest BCUT2D eigenvalue weighted by molar-refractivity contribution is 5.94. The third kappa shape index (κ3) is 9.59. The van der Waals surface area contributed by atoms with Gasteiger partial charge in [0.25, 0.3) is 5.91 Å². The Kier molecular flexibility index (Phi) is 14.3. The number of hydrogen-bond donors (Lipinski definition) is 2. The van der Waals surface area contributed by atoms with Gasteiger partial charge in [-0.25, -0.2) is 10.4 Å². The first-order chi connectivity index (χ1) is 30.5. The van der Waals surface area contributed by atoms with E-state index in [1.807, 2.05) is 33.0 Å². The molecular weight excluding hydrogens is 815 g/mol. The SMILES string of the molecule is C=CC(=O)N1CC[C@H](C(=O)N(C)C(C(=O)N[C@H]2CN3CC[C@H](C3)c3cnc4c(c3)c(c(-c3cccnc3[C@H](C)OC)n4CC)CC(C)(C)COC(=O)[C@@H]3CCCN(N3)C2=O)C(C)C)C1. The van der Waals surface area contributed by atoms with Gasteiger partial charge in [-0.1, -0.05) is 34.3 Å². The van der Waals surface area contributed by atoms with Gasteiger partial charge < -0.3 is 34.1 Å². The molecule has 0 spiro atoms. The van der Waals surface area contributed by atoms with Crippen molar-refractivity contribution in [1.29, 1.82) is 0 Å². The van der Waals surface area contributed by atoms with E-state index in [1.165, 1.54) is 16.0 Å². The van der Waals surface area contributed by atoms with E-state index in [1.54, 1.807) is 25.3 Å². The number of fused-ring (bicyclic) bond motifs is 6. The predicted octanol–water partition coefficient (Wildman–Crippen LogP) is 4.24. The Balaban J connectivity index is 1.23. The van der Waals surface area contributed by atoms with Gasteiger partial charge in [-0.2, -0.15) is 0 Å². The van der Waals surface area contributed by atoms with Crippen LogP contribution in [-0.4, -0.2) is 142 Å². The zero-order valence-electron chi connectivity index (χ0n) is 38.9. The minimum absolute atomic E-state index is 0.114. The summed E-state index contributed by atoms with van der Waals surface area (Å²) in [4.78, 5) is 84.3. The highest BCUT2D eigenvalue weighted by Crippen LogP contribution is 2.41. The van der Waals surface area contributed by atoms with Crippen LogP contribution in [0.15, 0.2) is 43.2 Å². The summed E-state index contributed by atoms with van der Waals surface area (Å²) in [5, 5.41) is 5.58. The number of pyridine rings is 2. The van der Waals surface area contributed by atoms with E-state index in [0.29, 0.717) is 58.4 Å². The number of hydrazine groups is 1. The van der Waals surface area contributed by atoms with Gasteiger partial charge in [0, 0.05) is 82.2 Å². The number of aryl methyl sites for hydroxylation is 1. The number of carbonyl (C=O) groups excluding carboxylic acids is 5. The molecule has 2 unspecified atom stereocenters. The van der Waals surface area contributed by atoms with E-state index in [2.05, 4.69) is 59.7 Å². The number of likely N-dealkylation sites (tertiary alicyclic amines) is 1. The first kappa shape index (κ1) is 46.8. The molecule has 2 N–H and O–H groups in total. The number of nitrogens with one attached hydrogen (secondary N) is 2. The van der Waals surface area contributed by atoms with Crippen LogP contribution < -0.4 is 10.7 Å². The fraction of sp³-hybridized carbons (Fsp3) is 0.604. The fourth-order valence-electron chi connectivity index (χ4n) is 10.2. The first-order valence-electron chi connectivity index (χ1n) is 23.0. The van der Waals surface area contributed by atoms with Crippen LogP contribution in [0.5, 0.6) is 0 Å². The van der Waals surface area contributed by atoms with Crippen molar-refractivity contribution in [3.05, 3.63) is 60.1 Å². The van der Waals surface area contributed by atoms with Crippen molar-refractivity contribution < 1.29 is 33.4 Å². The second-order valence-corrected chi connectivity index (χ2v) is 19.2. The molecular formula is C48H67N9O7. The number of cyclic esters (lactones) is 1. The second kappa shape index (κ2) is 19.5. The van der Waals surface area contributed by atoms with Crippen LogP contribution in [0.2, 0.25) is 0 Å². The number of rotatable bonds is 10. The van der Waals surface area contributed by atoms with Crippen LogP contribution in [0, 0.1) is 17.3 Å². The summed E-state index contributed by atoms with van der Waals surface area (Å²) < 4.78 is 14.2. The molecule has 3 aromatic rings. The van der Waals surface area contributed by atoms with Crippen LogP contribution in [-0.2, 0) is 46.4 Å². The molecule has 0 radical (unpaired) electrons. The molecule has 64 heavy (non-hydrogen) atoms. The van der Waals surface area contributed by atoms with Crippen molar-refractivity contribution in [2.45, 2.75) is 110 Å². The van der Waals surface area contributed by atoms with Crippen LogP contribution in [0.3, 0.4) is 0 Å². The first-order valence-corrected chi connectivity index (χ1v) is 23.0. The van der Waals surface area contributed by atoms with E-state index in [0.717, 1.165) is 45.5 Å². The number of esters is 1. The lowest BCUT2D eigenvalue weighted by Crippen LogP contribution is -2.63. The minimum atomic E-state index is -0.986. The number of likely N-dealkylation sites (N-methyl/N-ethyl adjacent to an activating group) is 1. The molecule has 7 rings (SSSR count). The smallest absolute Gasteiger partial charge is 0.324 e. The molecule has 7 heterocycles. The van der Waals surface area contributed by atoms with Gasteiger partial charge in [0.2, 0.25) is 17.7 Å². The maximum absolute atomic E-state index is 14.6. The Morgan fingerprint density at radius 1 is 1.09 bits per heavy atom. The van der Waals surface area contributed by atoms with Crippen molar-refractivity contribution in [2.24, 2.45) is 17.3 Å². The molecule has 16 nitrogen and oxygen atoms in total. The second-order valence-electron chi connectivity index (χ2n) is 19.2. The molecule has 346 valence electrons. The summed E-state index contributed by atoms with van der Waals surface area (Å²) in [5.41, 5.74) is 8.56. The van der Waals surface area contributed by atoms with Crippen molar-refractivity contribution in [1.82, 2.24) is 45.0 Å². The number of nitrogens with zero attached hydrogens (tertiary/aromatic N) is 7. The maximum atomic E-state index is 14.6. The lowest BCUT2D eigenvalue weighted by Gasteiger charge is -2.37. The summed E-state index contributed by atoms with van der Waals surface area (Å²) in [6, 6.07) is 3.69. The molecule has 0 saturated carbocycles. The van der Waals surface area contributed by atoms with E-state index in [-0.39, 0.29) is 55.4 Å². The van der Waals surface area contributed by atoms with E-state index >= 15 is 0 Å². The predicted molar refractivity (Wildman–Crippen MR) is 242 cm³/mol. The number of hydrogen-bond acceptors (Lipinski definition) is 11. The van der Waals surface area contributed by atoms with Gasteiger partial charge in [0.1, 0.15) is 23.8 Å². The number of ether oxygens (including phenoxy) is 2. The molecule has 4 amide bonds. The topological polar surface area (TPSA) is 172 Å². The summed E-state index contributed by atoms with van der Waals surface area (Å²) in [5.74, 6) is -2.33. The van der Waals surface area contributed by atoms with Crippen LogP contribution in [0.1, 0.15) is 96.1 Å². The summed E-state index contributed by atoms with van der Waals surface area (Å²) in [7, 11) is 3.31. The number of aromatic nitrogens is 3. The van der Waals surface area contributed by atoms with Crippen molar-refractivity contribution in [2.75, 3.05) is 60.0 Å². The lowest BCUT2D eigenvalue weighted by atomic mass is 9.84. The summed E-state index contributed by atoms with van der Waals surface area (Å²) >= 11 is 0. The molecule has 3 fully saturated rings. The van der Waals surface area contributed by atoms with Crippen LogP contribution >= 0.6 is 0 Å². The van der Waals surface area contributed by atoms with Crippen LogP contribution in [0.25, 0.3) is 22.3 Å². The number of amides is 4. The molecule has 4 aliphatic rings. The monoisotopic (exact) mass is 882 g/mol. The molecule has 0 aliphatic carbocycles. The Labute approximate surface area is 377 Å². The van der Waals surface area contributed by atoms with Gasteiger partial charge >= 0.3 is 5.97 Å². The normalized spacial score (nSPS) is 24.9. The molecule has 4 aliphatic heterocycles. The highest BCUT2D eigenvalue weighted by Gasteiger charge is 2.41. The van der Waals surface area contributed by atoms with E-state index in [9.17, 15) is 24.0 Å². The highest BCUT2D eigenvalue weighted by atomic mass is 16.5. The van der Waals surface area contributed by atoms with E-state index in [4.69, 9.17) is 19.4 Å². The number of carbonyl (C=O) groups is 5. The van der Waals surface area contributed by atoms with Gasteiger partial charge in [-0.3, -0.25) is 34.0 Å². The quantitative estimate of drug-likeness (QED) is 0.221. The van der Waals surface area contributed by atoms with Gasteiger partial charge in [0.05, 0.1) is 30.0 Å². The average Bonchev–Trinajstić information content (AvgIpc) is 4.05. The molecule has 3 saturated heterocycles. The molecule has 6 bridgehead atoms. The third-order valence-corrected chi connectivity index (χ3v) is 13.7. The van der Waals surface area contributed by atoms with Crippen molar-refractivity contribution in [3.8, 4) is 11.3 Å². The zero-order chi connectivity index (χ0) is 46.0. The van der Waals surface area contributed by atoms with Gasteiger partial charge in [-0.15, -0.1) is 0 Å². The summed E-state index contributed by atoms with van der Waals surface area (Å²) in [6.07, 6.45) is 7.71. The Bertz CT molecular complexity index is 2260. The Hall–Kier alpha value is -5.19. The minimum Gasteiger partial charge on any atom is -0.464 e. The van der Waals surface area contributed by atoms with Crippen molar-refractivity contribution in [3.63, 3.8) is 0 Å². The summed E-state index contributed by atoms with van der Waals surface area (Å²) in [6.45, 7) is 19.1. The van der Waals surface area contributed by atoms with Crippen LogP contribution in [0.4, 0.5) is 0 Å². The van der Waals surface area contributed by atoms with Gasteiger partial charge in [-0.05, 0) is 99.7 Å². The molecule has 7 atom stereocenters. The fourth-order valence-corrected chi connectivity index (χ4v) is 10.2. The zero-order valence-corrected chi connectivity index (χ0v) is 38.9. The Morgan fingerprint density at radius 3 is 2.59 bits per heavy atom. The Morgan fingerprint density at radius 2 is 1.88 bits per heavy atom. The third-order valence-electron chi connectivity index (χ3n) is 13.7. The molecule has 3 aromatic heterocycles. The average molecular weight is 882 g/mol. The maximum Gasteiger partial charge on any atom is 0.324 e. The van der Waals surface area contributed by atoms with Gasteiger partial charge in [0.15, 0.2) is 0 Å². The molecule has 16 heteroatoms. The standard InChI is InChI=1S/C48H67N9O7/c1-10-39(58)55-21-17-32(26-55)45(60)53(8)41(29(3)4)44(59)51-38-27-54-20-16-31(25-54)33-22-35-36(23-48(6,7)28-64-47(62)37-15-13-19-57(52-37)46(38)61)42(56(11-2)43(35)50-24-33)34-14-12-18-49-40(34)30(5)63-9/h10,12,14,18,22,24,29-32,37-38,41,52H,1,11,13,15-17,19-21,23,25-28H2,2-9H3,(H,51,59)/t30-,31+,32-,37-,38-,41?/m0/s1. The lowest BCUT2D eigenvalue weighted by molar-refractivity contribution is -0.155. The molecule has 0 aromatic carbocycles. The van der Waals surface area contributed by atoms with E-state index < -0.39 is 41.3 Å².